The Hall–Kier alpha value is -2.80. The summed E-state index contributed by atoms with van der Waals surface area (Å²) >= 11 is 1.61. The Morgan fingerprint density at radius 3 is 2.84 bits per heavy atom. The number of nitrogens with two attached hydrogens (primary N) is 1. The Balaban J connectivity index is 1.57. The van der Waals surface area contributed by atoms with Crippen molar-refractivity contribution in [2.24, 2.45) is 5.73 Å². The lowest BCUT2D eigenvalue weighted by Gasteiger charge is -2.15. The molecule has 0 saturated carbocycles. The van der Waals surface area contributed by atoms with E-state index in [0.29, 0.717) is 12.8 Å². The average molecular weight is 357 g/mol. The van der Waals surface area contributed by atoms with Crippen molar-refractivity contribution in [3.05, 3.63) is 58.4 Å². The molecule has 2 aromatic heterocycles. The van der Waals surface area contributed by atoms with E-state index in [2.05, 4.69) is 10.3 Å². The molecule has 0 aliphatic heterocycles. The van der Waals surface area contributed by atoms with Crippen molar-refractivity contribution in [1.29, 1.82) is 0 Å². The van der Waals surface area contributed by atoms with E-state index in [1.165, 1.54) is 0 Å². The number of nitrogens with one attached hydrogen (secondary N) is 2. The minimum absolute atomic E-state index is 0.255. The molecule has 3 rings (SSSR count). The van der Waals surface area contributed by atoms with Crippen molar-refractivity contribution in [3.8, 4) is 0 Å². The average Bonchev–Trinajstić information content (AvgIpc) is 3.24. The third kappa shape index (κ3) is 4.39. The van der Waals surface area contributed by atoms with Crippen molar-refractivity contribution >= 4 is 34.2 Å². The molecule has 2 amide bonds. The smallest absolute Gasteiger partial charge is 0.407 e. The maximum absolute atomic E-state index is 11.9. The molecule has 130 valence electrons. The second-order valence-electron chi connectivity index (χ2n) is 5.63. The fraction of sp³-hybridized carbons (Fsp3) is 0.222. The molecule has 0 bridgehead atoms. The number of primary amides is 1. The van der Waals surface area contributed by atoms with Crippen molar-refractivity contribution in [1.82, 2.24) is 10.3 Å². The number of para-hydroxylation sites is 1. The van der Waals surface area contributed by atoms with Crippen LogP contribution in [0.2, 0.25) is 0 Å². The molecule has 6 nitrogen and oxygen atoms in total. The lowest BCUT2D eigenvalue weighted by Crippen LogP contribution is -2.46. The Bertz CT molecular complexity index is 857. The maximum Gasteiger partial charge on any atom is 0.407 e. The van der Waals surface area contributed by atoms with Gasteiger partial charge in [-0.2, -0.15) is 0 Å². The predicted octanol–water partition coefficient (Wildman–Crippen LogP) is 2.59. The summed E-state index contributed by atoms with van der Waals surface area (Å²) in [6, 6.07) is 10.9. The van der Waals surface area contributed by atoms with Crippen LogP contribution in [-0.2, 0) is 22.4 Å². The lowest BCUT2D eigenvalue weighted by atomic mass is 10.0. The van der Waals surface area contributed by atoms with Crippen molar-refractivity contribution in [2.45, 2.75) is 18.9 Å². The minimum atomic E-state index is -0.826. The van der Waals surface area contributed by atoms with Crippen LogP contribution in [-0.4, -0.2) is 29.6 Å². The first-order valence-corrected chi connectivity index (χ1v) is 8.81. The van der Waals surface area contributed by atoms with Gasteiger partial charge in [-0.05, 0) is 23.1 Å². The first-order chi connectivity index (χ1) is 12.1. The highest BCUT2D eigenvalue weighted by Gasteiger charge is 2.20. The Morgan fingerprint density at radius 2 is 2.08 bits per heavy atom. The zero-order valence-electron chi connectivity index (χ0n) is 13.5. The molecule has 0 fully saturated rings. The second-order valence-corrected chi connectivity index (χ2v) is 6.66. The molecule has 2 heterocycles. The van der Waals surface area contributed by atoms with Gasteiger partial charge in [0.15, 0.2) is 0 Å². The molecule has 7 heteroatoms. The quantitative estimate of drug-likeness (QED) is 0.606. The number of amides is 2. The highest BCUT2D eigenvalue weighted by atomic mass is 32.1. The van der Waals surface area contributed by atoms with Crippen molar-refractivity contribution in [2.75, 3.05) is 6.61 Å². The van der Waals surface area contributed by atoms with Gasteiger partial charge in [-0.3, -0.25) is 4.79 Å². The number of aromatic amines is 1. The van der Waals surface area contributed by atoms with E-state index in [-0.39, 0.29) is 6.61 Å². The summed E-state index contributed by atoms with van der Waals surface area (Å²) < 4.78 is 5.14. The zero-order valence-corrected chi connectivity index (χ0v) is 14.3. The van der Waals surface area contributed by atoms with E-state index in [0.717, 1.165) is 21.3 Å². The number of alkyl carbamates (subject to hydrolysis) is 1. The molecule has 0 saturated heterocycles. The van der Waals surface area contributed by atoms with Gasteiger partial charge in [-0.15, -0.1) is 11.3 Å². The molecule has 4 N–H and O–H groups in total. The summed E-state index contributed by atoms with van der Waals surface area (Å²) in [4.78, 5) is 27.9. The lowest BCUT2D eigenvalue weighted by molar-refractivity contribution is -0.119. The van der Waals surface area contributed by atoms with Crippen LogP contribution in [0.4, 0.5) is 4.79 Å². The highest BCUT2D eigenvalue weighted by molar-refractivity contribution is 7.09. The molecule has 0 spiro atoms. The van der Waals surface area contributed by atoms with Crippen LogP contribution in [0.1, 0.15) is 10.4 Å². The number of H-pyrrole nitrogens is 1. The minimum Gasteiger partial charge on any atom is -0.449 e. The summed E-state index contributed by atoms with van der Waals surface area (Å²) in [5.74, 6) is -0.597. The van der Waals surface area contributed by atoms with E-state index in [9.17, 15) is 9.59 Å². The van der Waals surface area contributed by atoms with E-state index >= 15 is 0 Å². The number of aromatic nitrogens is 1. The van der Waals surface area contributed by atoms with Crippen molar-refractivity contribution < 1.29 is 14.3 Å². The first kappa shape index (κ1) is 17.0. The molecule has 0 aliphatic carbocycles. The zero-order chi connectivity index (χ0) is 17.6. The van der Waals surface area contributed by atoms with Gasteiger partial charge in [0.1, 0.15) is 6.04 Å². The van der Waals surface area contributed by atoms with Crippen LogP contribution in [0, 0.1) is 0 Å². The molecule has 1 unspecified atom stereocenters. The third-order valence-electron chi connectivity index (χ3n) is 3.90. The van der Waals surface area contributed by atoms with Crippen molar-refractivity contribution in [3.63, 3.8) is 0 Å². The van der Waals surface area contributed by atoms with Crippen LogP contribution in [0.15, 0.2) is 48.0 Å². The van der Waals surface area contributed by atoms with Crippen LogP contribution in [0.5, 0.6) is 0 Å². The second kappa shape index (κ2) is 7.85. The number of rotatable bonds is 7. The Morgan fingerprint density at radius 1 is 1.24 bits per heavy atom. The molecular formula is C18H19N3O3S. The van der Waals surface area contributed by atoms with Gasteiger partial charge in [0.05, 0.1) is 6.61 Å². The van der Waals surface area contributed by atoms with E-state index in [1.54, 1.807) is 11.3 Å². The number of ether oxygens (including phenoxy) is 1. The van der Waals surface area contributed by atoms with Crippen LogP contribution in [0.3, 0.4) is 0 Å². The maximum atomic E-state index is 11.9. The Kier molecular flexibility index (Phi) is 5.35. The fourth-order valence-electron chi connectivity index (χ4n) is 2.63. The number of hydrogen-bond acceptors (Lipinski definition) is 4. The summed E-state index contributed by atoms with van der Waals surface area (Å²) in [5.41, 5.74) is 7.32. The summed E-state index contributed by atoms with van der Waals surface area (Å²) in [7, 11) is 0. The van der Waals surface area contributed by atoms with Gasteiger partial charge in [0, 0.05) is 34.8 Å². The molecular weight excluding hydrogens is 338 g/mol. The van der Waals surface area contributed by atoms with Crippen LogP contribution >= 0.6 is 11.3 Å². The van der Waals surface area contributed by atoms with Gasteiger partial charge in [0.25, 0.3) is 0 Å². The molecule has 25 heavy (non-hydrogen) atoms. The highest BCUT2D eigenvalue weighted by Crippen LogP contribution is 2.19. The fourth-order valence-corrected chi connectivity index (χ4v) is 3.32. The number of fused-ring (bicyclic) bond motifs is 1. The van der Waals surface area contributed by atoms with Gasteiger partial charge in [-0.25, -0.2) is 4.79 Å². The van der Waals surface area contributed by atoms with E-state index in [4.69, 9.17) is 10.5 Å². The van der Waals surface area contributed by atoms with Gasteiger partial charge in [0.2, 0.25) is 5.91 Å². The normalized spacial score (nSPS) is 12.0. The molecule has 1 aromatic carbocycles. The predicted molar refractivity (Wildman–Crippen MR) is 97.5 cm³/mol. The third-order valence-corrected chi connectivity index (χ3v) is 4.83. The number of carbonyl (C=O) groups is 2. The van der Waals surface area contributed by atoms with Gasteiger partial charge in [-0.1, -0.05) is 24.3 Å². The van der Waals surface area contributed by atoms with E-state index < -0.39 is 18.0 Å². The molecule has 1 atom stereocenters. The number of carbonyl (C=O) groups excluding carboxylic acids is 2. The van der Waals surface area contributed by atoms with Crippen LogP contribution < -0.4 is 11.1 Å². The number of benzene rings is 1. The number of thiophene rings is 1. The monoisotopic (exact) mass is 357 g/mol. The van der Waals surface area contributed by atoms with Gasteiger partial charge < -0.3 is 20.8 Å². The number of hydrogen-bond donors (Lipinski definition) is 3. The summed E-state index contributed by atoms with van der Waals surface area (Å²) in [6.07, 6.45) is 2.14. The SMILES string of the molecule is NC(=O)C(Cc1c[nH]c2ccccc12)NC(=O)OCCc1cccs1. The topological polar surface area (TPSA) is 97.2 Å². The summed E-state index contributed by atoms with van der Waals surface area (Å²) in [6.45, 7) is 0.255. The molecule has 3 aromatic rings. The summed E-state index contributed by atoms with van der Waals surface area (Å²) in [5, 5.41) is 5.53. The van der Waals surface area contributed by atoms with Crippen LogP contribution in [0.25, 0.3) is 10.9 Å². The molecule has 0 radical (unpaired) electrons. The standard InChI is InChI=1S/C18H19N3O3S/c19-17(22)16(10-12-11-20-15-6-2-1-5-14(12)15)21-18(23)24-8-7-13-4-3-9-25-13/h1-6,9,11,16,20H,7-8,10H2,(H2,19,22)(H,21,23). The first-order valence-electron chi connectivity index (χ1n) is 7.93. The molecule has 0 aliphatic rings. The van der Waals surface area contributed by atoms with E-state index in [1.807, 2.05) is 48.0 Å². The largest absolute Gasteiger partial charge is 0.449 e. The van der Waals surface area contributed by atoms with Gasteiger partial charge >= 0.3 is 6.09 Å². The Labute approximate surface area is 149 Å².